The summed E-state index contributed by atoms with van der Waals surface area (Å²) in [5.41, 5.74) is 12.9. The quantitative estimate of drug-likeness (QED) is 0.627. The molecule has 1 rings (SSSR count). The van der Waals surface area contributed by atoms with Gasteiger partial charge in [-0.3, -0.25) is 4.79 Å². The van der Waals surface area contributed by atoms with E-state index in [4.69, 9.17) is 16.6 Å². The first-order valence-electron chi connectivity index (χ1n) is 4.42. The highest BCUT2D eigenvalue weighted by Gasteiger charge is 2.07. The molecule has 14 heavy (non-hydrogen) atoms. The van der Waals surface area contributed by atoms with Crippen molar-refractivity contribution in [2.24, 2.45) is 5.73 Å². The number of hydrogen-bond acceptors (Lipinski definition) is 3. The predicted octanol–water partition coefficient (Wildman–Crippen LogP) is 1.13. The number of carboxylic acid groups (broad SMARTS) is 1. The van der Waals surface area contributed by atoms with Gasteiger partial charge in [-0.2, -0.15) is 0 Å². The number of carboxylic acids is 1. The zero-order valence-corrected chi connectivity index (χ0v) is 7.81. The van der Waals surface area contributed by atoms with Gasteiger partial charge in [0.1, 0.15) is 0 Å². The summed E-state index contributed by atoms with van der Waals surface area (Å²) in [6.07, 6.45) is 0.533. The van der Waals surface area contributed by atoms with E-state index in [9.17, 15) is 4.79 Å². The lowest BCUT2D eigenvalue weighted by Crippen LogP contribution is -2.12. The number of nitrogens with two attached hydrogens (primary N) is 2. The number of hydrogen-bond donors (Lipinski definition) is 3. The van der Waals surface area contributed by atoms with Gasteiger partial charge in [-0.25, -0.2) is 0 Å². The first-order chi connectivity index (χ1) is 6.59. The lowest BCUT2D eigenvalue weighted by Gasteiger charge is -2.10. The Hall–Kier alpha value is -1.55. The normalized spacial score (nSPS) is 12.4. The largest absolute Gasteiger partial charge is 0.481 e. The molecule has 0 aliphatic carbocycles. The summed E-state index contributed by atoms with van der Waals surface area (Å²) in [5.74, 6) is -0.823. The van der Waals surface area contributed by atoms with Crippen molar-refractivity contribution in [3.05, 3.63) is 29.8 Å². The Kier molecular flexibility index (Phi) is 3.48. The molecule has 0 saturated carbocycles. The van der Waals surface area contributed by atoms with Crippen molar-refractivity contribution in [1.29, 1.82) is 0 Å². The molecule has 1 aromatic carbocycles. The summed E-state index contributed by atoms with van der Waals surface area (Å²) >= 11 is 0. The maximum absolute atomic E-state index is 10.3. The van der Waals surface area contributed by atoms with Gasteiger partial charge in [-0.1, -0.05) is 12.1 Å². The maximum atomic E-state index is 10.3. The lowest BCUT2D eigenvalue weighted by molar-refractivity contribution is -0.137. The van der Waals surface area contributed by atoms with Crippen molar-refractivity contribution in [2.45, 2.75) is 18.9 Å². The van der Waals surface area contributed by atoms with E-state index in [1.54, 1.807) is 12.1 Å². The van der Waals surface area contributed by atoms with Gasteiger partial charge in [-0.15, -0.1) is 0 Å². The molecule has 0 bridgehead atoms. The van der Waals surface area contributed by atoms with Crippen LogP contribution in [0, 0.1) is 0 Å². The van der Waals surface area contributed by atoms with Gasteiger partial charge in [0.25, 0.3) is 0 Å². The molecule has 0 unspecified atom stereocenters. The second-order valence-electron chi connectivity index (χ2n) is 3.21. The fourth-order valence-electron chi connectivity index (χ4n) is 1.19. The summed E-state index contributed by atoms with van der Waals surface area (Å²) in [6.45, 7) is 0. The van der Waals surface area contributed by atoms with Crippen LogP contribution in [0.4, 0.5) is 5.69 Å². The molecule has 0 radical (unpaired) electrons. The van der Waals surface area contributed by atoms with Crippen LogP contribution in [0.5, 0.6) is 0 Å². The SMILES string of the molecule is Nc1ccc([C@@H](N)CCC(=O)O)cc1. The number of benzene rings is 1. The summed E-state index contributed by atoms with van der Waals surface area (Å²) in [7, 11) is 0. The Bertz CT molecular complexity index is 308. The number of rotatable bonds is 4. The molecule has 1 aromatic rings. The molecule has 0 aliphatic rings. The first-order valence-corrected chi connectivity index (χ1v) is 4.42. The van der Waals surface area contributed by atoms with Gasteiger partial charge >= 0.3 is 5.97 Å². The molecule has 0 aromatic heterocycles. The van der Waals surface area contributed by atoms with Gasteiger partial charge < -0.3 is 16.6 Å². The molecule has 0 spiro atoms. The molecule has 76 valence electrons. The molecule has 5 N–H and O–H groups in total. The van der Waals surface area contributed by atoms with Crippen LogP contribution in [-0.4, -0.2) is 11.1 Å². The molecule has 0 saturated heterocycles. The third-order valence-electron chi connectivity index (χ3n) is 2.03. The number of anilines is 1. The van der Waals surface area contributed by atoms with E-state index in [1.165, 1.54) is 0 Å². The summed E-state index contributed by atoms with van der Waals surface area (Å²) in [6, 6.07) is 6.93. The molecular weight excluding hydrogens is 180 g/mol. The lowest BCUT2D eigenvalue weighted by atomic mass is 10.0. The van der Waals surface area contributed by atoms with Crippen molar-refractivity contribution < 1.29 is 9.90 Å². The summed E-state index contributed by atoms with van der Waals surface area (Å²) < 4.78 is 0. The topological polar surface area (TPSA) is 89.3 Å². The van der Waals surface area contributed by atoms with Crippen LogP contribution in [0.2, 0.25) is 0 Å². The van der Waals surface area contributed by atoms with Crippen LogP contribution in [-0.2, 0) is 4.79 Å². The van der Waals surface area contributed by atoms with Crippen LogP contribution in [0.3, 0.4) is 0 Å². The molecule has 4 heteroatoms. The third kappa shape index (κ3) is 3.06. The van der Waals surface area contributed by atoms with Crippen molar-refractivity contribution in [3.8, 4) is 0 Å². The van der Waals surface area contributed by atoms with Crippen molar-refractivity contribution in [2.75, 3.05) is 5.73 Å². The highest BCUT2D eigenvalue weighted by molar-refractivity contribution is 5.66. The molecular formula is C10H14N2O2. The highest BCUT2D eigenvalue weighted by Crippen LogP contribution is 2.16. The van der Waals surface area contributed by atoms with Crippen molar-refractivity contribution in [1.82, 2.24) is 0 Å². The van der Waals surface area contributed by atoms with E-state index in [2.05, 4.69) is 0 Å². The van der Waals surface area contributed by atoms with Crippen LogP contribution in [0.15, 0.2) is 24.3 Å². The standard InChI is InChI=1S/C10H14N2O2/c11-8-3-1-7(2-4-8)9(12)5-6-10(13)14/h1-4,9H,5-6,11-12H2,(H,13,14)/t9-/m0/s1. The van der Waals surface area contributed by atoms with E-state index in [0.29, 0.717) is 12.1 Å². The van der Waals surface area contributed by atoms with Crippen LogP contribution in [0.25, 0.3) is 0 Å². The Morgan fingerprint density at radius 2 is 1.93 bits per heavy atom. The van der Waals surface area contributed by atoms with Crippen LogP contribution in [0.1, 0.15) is 24.4 Å². The molecule has 0 aliphatic heterocycles. The van der Waals surface area contributed by atoms with E-state index >= 15 is 0 Å². The summed E-state index contributed by atoms with van der Waals surface area (Å²) in [4.78, 5) is 10.3. The van der Waals surface area contributed by atoms with E-state index in [0.717, 1.165) is 5.56 Å². The van der Waals surface area contributed by atoms with Crippen LogP contribution >= 0.6 is 0 Å². The second kappa shape index (κ2) is 4.62. The average Bonchev–Trinajstić information content (AvgIpc) is 2.15. The predicted molar refractivity (Wildman–Crippen MR) is 54.7 cm³/mol. The van der Waals surface area contributed by atoms with Gasteiger partial charge in [0.15, 0.2) is 0 Å². The minimum Gasteiger partial charge on any atom is -0.481 e. The van der Waals surface area contributed by atoms with E-state index < -0.39 is 5.97 Å². The minimum absolute atomic E-state index is 0.0888. The smallest absolute Gasteiger partial charge is 0.303 e. The van der Waals surface area contributed by atoms with E-state index in [-0.39, 0.29) is 12.5 Å². The maximum Gasteiger partial charge on any atom is 0.303 e. The van der Waals surface area contributed by atoms with Gasteiger partial charge in [0, 0.05) is 18.2 Å². The molecule has 0 heterocycles. The van der Waals surface area contributed by atoms with Crippen molar-refractivity contribution >= 4 is 11.7 Å². The Balaban J connectivity index is 2.56. The molecule has 1 atom stereocenters. The molecule has 4 nitrogen and oxygen atoms in total. The van der Waals surface area contributed by atoms with E-state index in [1.807, 2.05) is 12.1 Å². The highest BCUT2D eigenvalue weighted by atomic mass is 16.4. The fraction of sp³-hybridized carbons (Fsp3) is 0.300. The first kappa shape index (κ1) is 10.5. The van der Waals surface area contributed by atoms with Gasteiger partial charge in [0.05, 0.1) is 0 Å². The number of nitrogen functional groups attached to an aromatic ring is 1. The van der Waals surface area contributed by atoms with Gasteiger partial charge in [0.2, 0.25) is 0 Å². The Morgan fingerprint density at radius 1 is 1.36 bits per heavy atom. The van der Waals surface area contributed by atoms with Crippen molar-refractivity contribution in [3.63, 3.8) is 0 Å². The second-order valence-corrected chi connectivity index (χ2v) is 3.21. The molecule has 0 fully saturated rings. The average molecular weight is 194 g/mol. The van der Waals surface area contributed by atoms with Crippen LogP contribution < -0.4 is 11.5 Å². The number of carbonyl (C=O) groups is 1. The summed E-state index contributed by atoms with van der Waals surface area (Å²) in [5, 5.41) is 8.48. The molecule has 0 amide bonds. The third-order valence-corrected chi connectivity index (χ3v) is 2.03. The monoisotopic (exact) mass is 194 g/mol. The minimum atomic E-state index is -0.823. The fourth-order valence-corrected chi connectivity index (χ4v) is 1.19. The Morgan fingerprint density at radius 3 is 2.43 bits per heavy atom. The zero-order valence-electron chi connectivity index (χ0n) is 7.81. The van der Waals surface area contributed by atoms with Gasteiger partial charge in [-0.05, 0) is 24.1 Å². The Labute approximate surface area is 82.5 Å². The number of aliphatic carboxylic acids is 1. The zero-order chi connectivity index (χ0) is 10.6.